The van der Waals surface area contributed by atoms with E-state index in [-0.39, 0.29) is 5.82 Å². The summed E-state index contributed by atoms with van der Waals surface area (Å²) in [5.74, 6) is 2.27. The molecule has 4 aliphatic heterocycles. The quantitative estimate of drug-likeness (QED) is 0.823. The fourth-order valence-electron chi connectivity index (χ4n) is 5.84. The van der Waals surface area contributed by atoms with Gasteiger partial charge in [0.05, 0.1) is 6.54 Å². The van der Waals surface area contributed by atoms with Gasteiger partial charge >= 0.3 is 0 Å². The molecule has 4 fully saturated rings. The Labute approximate surface area is 161 Å². The number of halogens is 1. The van der Waals surface area contributed by atoms with Crippen LogP contribution in [0.1, 0.15) is 50.0 Å². The summed E-state index contributed by atoms with van der Waals surface area (Å²) in [4.78, 5) is 10.0. The van der Waals surface area contributed by atoms with Gasteiger partial charge in [-0.2, -0.15) is 0 Å². The number of rotatable bonds is 4. The summed E-state index contributed by atoms with van der Waals surface area (Å²) >= 11 is 0. The van der Waals surface area contributed by atoms with E-state index in [4.69, 9.17) is 0 Å². The molecule has 0 spiro atoms. The molecular formula is C22H29FN4. The van der Waals surface area contributed by atoms with E-state index >= 15 is 0 Å². The lowest BCUT2D eigenvalue weighted by atomic mass is 9.75. The minimum absolute atomic E-state index is 0.144. The Morgan fingerprint density at radius 2 is 1.85 bits per heavy atom. The van der Waals surface area contributed by atoms with Crippen molar-refractivity contribution in [2.24, 2.45) is 5.92 Å². The Hall–Kier alpha value is -1.72. The van der Waals surface area contributed by atoms with E-state index in [0.29, 0.717) is 24.0 Å². The van der Waals surface area contributed by atoms with Gasteiger partial charge in [-0.1, -0.05) is 12.1 Å². The first-order chi connectivity index (χ1) is 13.1. The molecule has 0 radical (unpaired) electrons. The van der Waals surface area contributed by atoms with Crippen molar-refractivity contribution in [3.05, 3.63) is 53.9 Å². The van der Waals surface area contributed by atoms with Crippen molar-refractivity contribution in [2.45, 2.75) is 57.3 Å². The monoisotopic (exact) mass is 368 g/mol. The van der Waals surface area contributed by atoms with Crippen LogP contribution in [0.5, 0.6) is 0 Å². The smallest absolute Gasteiger partial charge is 0.123 e. The number of aromatic nitrogens is 2. The number of nitrogens with zero attached hydrogens (tertiary/aromatic N) is 4. The maximum Gasteiger partial charge on any atom is 0.123 e. The molecule has 1 aromatic carbocycles. The predicted molar refractivity (Wildman–Crippen MR) is 104 cm³/mol. The summed E-state index contributed by atoms with van der Waals surface area (Å²) < 4.78 is 15.8. The van der Waals surface area contributed by atoms with Gasteiger partial charge in [0, 0.05) is 43.0 Å². The molecule has 27 heavy (non-hydrogen) atoms. The van der Waals surface area contributed by atoms with Crippen LogP contribution in [-0.4, -0.2) is 51.1 Å². The Morgan fingerprint density at radius 3 is 2.56 bits per heavy atom. The van der Waals surface area contributed by atoms with Crippen LogP contribution >= 0.6 is 0 Å². The van der Waals surface area contributed by atoms with Crippen LogP contribution in [-0.2, 0) is 6.54 Å². The SMILES string of the molecule is CC(C)n1ccnc1CN1C[C@@H](c2ccc(F)cc2)[C@@H]2[C@H]1C1CCN2CC1. The minimum atomic E-state index is -0.144. The molecule has 4 nitrogen and oxygen atoms in total. The summed E-state index contributed by atoms with van der Waals surface area (Å²) in [6.07, 6.45) is 6.65. The molecule has 0 unspecified atom stereocenters. The van der Waals surface area contributed by atoms with E-state index in [1.807, 2.05) is 18.3 Å². The van der Waals surface area contributed by atoms with Gasteiger partial charge < -0.3 is 4.57 Å². The molecule has 144 valence electrons. The average molecular weight is 369 g/mol. The normalized spacial score (nSPS) is 33.0. The van der Waals surface area contributed by atoms with Gasteiger partial charge in [-0.05, 0) is 63.4 Å². The highest BCUT2D eigenvalue weighted by Crippen LogP contribution is 2.46. The zero-order valence-corrected chi connectivity index (χ0v) is 16.3. The molecule has 0 amide bonds. The second kappa shape index (κ2) is 6.71. The van der Waals surface area contributed by atoms with Crippen LogP contribution < -0.4 is 0 Å². The first-order valence-corrected chi connectivity index (χ1v) is 10.4. The average Bonchev–Trinajstić information content (AvgIpc) is 3.30. The first-order valence-electron chi connectivity index (χ1n) is 10.4. The number of imidazole rings is 1. The van der Waals surface area contributed by atoms with Gasteiger partial charge in [0.25, 0.3) is 0 Å². The van der Waals surface area contributed by atoms with Gasteiger partial charge in [0.15, 0.2) is 0 Å². The number of likely N-dealkylation sites (tertiary alicyclic amines) is 1. The minimum Gasteiger partial charge on any atom is -0.331 e. The third-order valence-electron chi connectivity index (χ3n) is 7.04. The van der Waals surface area contributed by atoms with Crippen molar-refractivity contribution < 1.29 is 4.39 Å². The predicted octanol–water partition coefficient (Wildman–Crippen LogP) is 3.67. The summed E-state index contributed by atoms with van der Waals surface area (Å²) in [5.41, 5.74) is 1.29. The van der Waals surface area contributed by atoms with Crippen LogP contribution in [0.4, 0.5) is 4.39 Å². The summed E-state index contributed by atoms with van der Waals surface area (Å²) in [5, 5.41) is 0. The molecule has 4 aliphatic rings. The van der Waals surface area contributed by atoms with Gasteiger partial charge in [-0.3, -0.25) is 9.80 Å². The third kappa shape index (κ3) is 2.92. The fraction of sp³-hybridized carbons (Fsp3) is 0.591. The molecular weight excluding hydrogens is 339 g/mol. The van der Waals surface area contributed by atoms with Crippen LogP contribution in [0.3, 0.4) is 0 Å². The van der Waals surface area contributed by atoms with Gasteiger partial charge in [-0.15, -0.1) is 0 Å². The molecule has 1 aromatic heterocycles. The van der Waals surface area contributed by atoms with Gasteiger partial charge in [0.1, 0.15) is 11.6 Å². The molecule has 2 aromatic rings. The van der Waals surface area contributed by atoms with Gasteiger partial charge in [0.2, 0.25) is 0 Å². The standard InChI is InChI=1S/C22H29FN4/c1-15(2)27-12-9-24-20(27)14-26-13-19(16-3-5-18(23)6-4-16)22-21(26)17-7-10-25(22)11-8-17/h3-6,9,12,15,17,19,21-22H,7-8,10-11,13-14H2,1-2H3/t19-,21+,22+/m0/s1. The van der Waals surface area contributed by atoms with Crippen LogP contribution in [0.15, 0.2) is 36.7 Å². The second-order valence-electron chi connectivity index (χ2n) is 8.79. The van der Waals surface area contributed by atoms with Crippen LogP contribution in [0, 0.1) is 11.7 Å². The summed E-state index contributed by atoms with van der Waals surface area (Å²) in [6.45, 7) is 8.82. The Morgan fingerprint density at radius 1 is 1.11 bits per heavy atom. The third-order valence-corrected chi connectivity index (χ3v) is 7.04. The highest BCUT2D eigenvalue weighted by atomic mass is 19.1. The molecule has 3 atom stereocenters. The van der Waals surface area contributed by atoms with Crippen molar-refractivity contribution in [3.8, 4) is 0 Å². The van der Waals surface area contributed by atoms with E-state index in [0.717, 1.165) is 19.0 Å². The van der Waals surface area contributed by atoms with Crippen LogP contribution in [0.25, 0.3) is 0 Å². The lowest BCUT2D eigenvalue weighted by Gasteiger charge is -2.51. The van der Waals surface area contributed by atoms with Gasteiger partial charge in [-0.25, -0.2) is 9.37 Å². The molecule has 4 saturated heterocycles. The van der Waals surface area contributed by atoms with E-state index in [1.165, 1.54) is 37.3 Å². The highest BCUT2D eigenvalue weighted by Gasteiger charge is 2.53. The number of hydrogen-bond donors (Lipinski definition) is 0. The van der Waals surface area contributed by atoms with Crippen molar-refractivity contribution in [3.63, 3.8) is 0 Å². The first kappa shape index (κ1) is 17.4. The number of hydrogen-bond acceptors (Lipinski definition) is 3. The maximum absolute atomic E-state index is 13.5. The second-order valence-corrected chi connectivity index (χ2v) is 8.79. The van der Waals surface area contributed by atoms with Crippen molar-refractivity contribution in [1.82, 2.24) is 19.4 Å². The molecule has 0 aliphatic carbocycles. The summed E-state index contributed by atoms with van der Waals surface area (Å²) in [7, 11) is 0. The lowest BCUT2D eigenvalue weighted by Crippen LogP contribution is -2.60. The molecule has 6 rings (SSSR count). The molecule has 0 N–H and O–H groups in total. The molecule has 5 heteroatoms. The van der Waals surface area contributed by atoms with Crippen molar-refractivity contribution in [2.75, 3.05) is 19.6 Å². The topological polar surface area (TPSA) is 24.3 Å². The number of piperidine rings is 3. The molecule has 5 heterocycles. The van der Waals surface area contributed by atoms with E-state index in [2.05, 4.69) is 39.4 Å². The number of fused-ring (bicyclic) bond motifs is 2. The number of benzene rings is 1. The van der Waals surface area contributed by atoms with E-state index in [9.17, 15) is 4.39 Å². The Balaban J connectivity index is 1.47. The largest absolute Gasteiger partial charge is 0.331 e. The zero-order valence-electron chi connectivity index (χ0n) is 16.3. The lowest BCUT2D eigenvalue weighted by molar-refractivity contribution is -0.00958. The highest BCUT2D eigenvalue weighted by molar-refractivity contribution is 5.27. The fourth-order valence-corrected chi connectivity index (χ4v) is 5.84. The van der Waals surface area contributed by atoms with Crippen molar-refractivity contribution >= 4 is 0 Å². The maximum atomic E-state index is 13.5. The van der Waals surface area contributed by atoms with Crippen LogP contribution in [0.2, 0.25) is 0 Å². The molecule has 0 saturated carbocycles. The Bertz CT molecular complexity index is 791. The molecule has 2 bridgehead atoms. The summed E-state index contributed by atoms with van der Waals surface area (Å²) in [6, 6.07) is 8.83. The van der Waals surface area contributed by atoms with E-state index < -0.39 is 0 Å². The zero-order chi connectivity index (χ0) is 18.5. The van der Waals surface area contributed by atoms with Crippen molar-refractivity contribution in [1.29, 1.82) is 0 Å². The Kier molecular flexibility index (Phi) is 4.32. The van der Waals surface area contributed by atoms with E-state index in [1.54, 1.807) is 12.1 Å².